The van der Waals surface area contributed by atoms with Crippen LogP contribution in [0.5, 0.6) is 0 Å². The zero-order valence-corrected chi connectivity index (χ0v) is 14.7. The molecule has 2 fully saturated rings. The van der Waals surface area contributed by atoms with E-state index < -0.39 is 0 Å². The van der Waals surface area contributed by atoms with Crippen LogP contribution in [0.3, 0.4) is 0 Å². The number of benzene rings is 1. The smallest absolute Gasteiger partial charge is 0.255 e. The van der Waals surface area contributed by atoms with Crippen molar-refractivity contribution in [3.63, 3.8) is 0 Å². The van der Waals surface area contributed by atoms with Crippen LogP contribution in [0.2, 0.25) is 5.02 Å². The van der Waals surface area contributed by atoms with E-state index >= 15 is 0 Å². The molecule has 0 saturated carbocycles. The first-order chi connectivity index (χ1) is 12.1. The monoisotopic (exact) mass is 367 g/mol. The summed E-state index contributed by atoms with van der Waals surface area (Å²) < 4.78 is 10.6. The number of halogens is 1. The molecule has 136 valence electrons. The molecular formula is C17H22ClN3O4. The summed E-state index contributed by atoms with van der Waals surface area (Å²) >= 11 is 6.26. The number of nitrogens with one attached hydrogen (secondary N) is 2. The van der Waals surface area contributed by atoms with E-state index in [0.717, 1.165) is 6.54 Å². The number of hydrogen-bond acceptors (Lipinski definition) is 5. The molecule has 3 rings (SSSR count). The zero-order valence-electron chi connectivity index (χ0n) is 13.9. The number of hydrogen-bond donors (Lipinski definition) is 2. The first-order valence-corrected chi connectivity index (χ1v) is 8.79. The van der Waals surface area contributed by atoms with Gasteiger partial charge >= 0.3 is 0 Å². The van der Waals surface area contributed by atoms with Crippen molar-refractivity contribution in [2.45, 2.75) is 12.5 Å². The Morgan fingerprint density at radius 1 is 1.24 bits per heavy atom. The summed E-state index contributed by atoms with van der Waals surface area (Å²) in [7, 11) is 0. The fraction of sp³-hybridized carbons (Fsp3) is 0.529. The van der Waals surface area contributed by atoms with E-state index in [1.165, 1.54) is 0 Å². The van der Waals surface area contributed by atoms with Crippen LogP contribution < -0.4 is 10.6 Å². The number of anilines is 1. The second-order valence-electron chi connectivity index (χ2n) is 6.08. The van der Waals surface area contributed by atoms with Crippen molar-refractivity contribution in [3.8, 4) is 0 Å². The van der Waals surface area contributed by atoms with Crippen LogP contribution in [0.25, 0.3) is 0 Å². The molecular weight excluding hydrogens is 346 g/mol. The van der Waals surface area contributed by atoms with Gasteiger partial charge < -0.3 is 25.0 Å². The Hall–Kier alpha value is -1.67. The molecule has 8 heteroatoms. The van der Waals surface area contributed by atoms with E-state index in [2.05, 4.69) is 10.6 Å². The average molecular weight is 368 g/mol. The maximum Gasteiger partial charge on any atom is 0.255 e. The Morgan fingerprint density at radius 2 is 2.04 bits per heavy atom. The van der Waals surface area contributed by atoms with Gasteiger partial charge in [0, 0.05) is 37.8 Å². The van der Waals surface area contributed by atoms with Crippen LogP contribution in [-0.4, -0.2) is 68.8 Å². The van der Waals surface area contributed by atoms with Gasteiger partial charge in [-0.05, 0) is 18.2 Å². The second-order valence-corrected chi connectivity index (χ2v) is 6.48. The Balaban J connectivity index is 1.59. The van der Waals surface area contributed by atoms with Gasteiger partial charge in [0.25, 0.3) is 5.91 Å². The molecule has 1 aromatic rings. The van der Waals surface area contributed by atoms with Crippen molar-refractivity contribution in [3.05, 3.63) is 28.8 Å². The minimum absolute atomic E-state index is 0.0198. The Morgan fingerprint density at radius 3 is 2.72 bits per heavy atom. The van der Waals surface area contributed by atoms with E-state index in [0.29, 0.717) is 62.2 Å². The average Bonchev–Trinajstić information content (AvgIpc) is 2.63. The fourth-order valence-corrected chi connectivity index (χ4v) is 3.15. The van der Waals surface area contributed by atoms with Gasteiger partial charge in [-0.2, -0.15) is 0 Å². The standard InChI is InChI=1S/C17H22ClN3O4/c18-15-9-12(20-16(22)10-13-11-25-6-3-19-13)1-2-14(15)17(23)21-4-7-24-8-5-21/h1-2,9,13,19H,3-8,10-11H2,(H,20,22). The highest BCUT2D eigenvalue weighted by atomic mass is 35.5. The lowest BCUT2D eigenvalue weighted by molar-refractivity contribution is -0.117. The third-order valence-electron chi connectivity index (χ3n) is 4.21. The van der Waals surface area contributed by atoms with E-state index in [1.807, 2.05) is 0 Å². The summed E-state index contributed by atoms with van der Waals surface area (Å²) in [5, 5.41) is 6.37. The van der Waals surface area contributed by atoms with Crippen molar-refractivity contribution in [1.82, 2.24) is 10.2 Å². The van der Waals surface area contributed by atoms with E-state index in [1.54, 1.807) is 23.1 Å². The lowest BCUT2D eigenvalue weighted by Crippen LogP contribution is -2.43. The van der Waals surface area contributed by atoms with E-state index in [4.69, 9.17) is 21.1 Å². The molecule has 0 spiro atoms. The third kappa shape index (κ3) is 4.92. The van der Waals surface area contributed by atoms with E-state index in [9.17, 15) is 9.59 Å². The Bertz CT molecular complexity index is 628. The van der Waals surface area contributed by atoms with Crippen molar-refractivity contribution < 1.29 is 19.1 Å². The van der Waals surface area contributed by atoms with Crippen molar-refractivity contribution in [2.75, 3.05) is 51.4 Å². The molecule has 0 aliphatic carbocycles. The summed E-state index contributed by atoms with van der Waals surface area (Å²) in [6.07, 6.45) is 0.325. The minimum atomic E-state index is -0.119. The predicted octanol–water partition coefficient (Wildman–Crippen LogP) is 1.13. The second kappa shape index (κ2) is 8.62. The van der Waals surface area contributed by atoms with Crippen LogP contribution in [0.4, 0.5) is 5.69 Å². The van der Waals surface area contributed by atoms with Gasteiger partial charge in [0.15, 0.2) is 0 Å². The Kier molecular flexibility index (Phi) is 6.25. The molecule has 2 aliphatic rings. The quantitative estimate of drug-likeness (QED) is 0.834. The summed E-state index contributed by atoms with van der Waals surface area (Å²) in [6, 6.07) is 4.98. The fourth-order valence-electron chi connectivity index (χ4n) is 2.89. The molecule has 7 nitrogen and oxygen atoms in total. The molecule has 2 saturated heterocycles. The van der Waals surface area contributed by atoms with Gasteiger partial charge in [0.05, 0.1) is 37.0 Å². The van der Waals surface area contributed by atoms with Crippen molar-refractivity contribution in [2.24, 2.45) is 0 Å². The molecule has 2 N–H and O–H groups in total. The van der Waals surface area contributed by atoms with Gasteiger partial charge in [-0.25, -0.2) is 0 Å². The first-order valence-electron chi connectivity index (χ1n) is 8.41. The molecule has 1 unspecified atom stereocenters. The van der Waals surface area contributed by atoms with Gasteiger partial charge in [-0.1, -0.05) is 11.6 Å². The summed E-state index contributed by atoms with van der Waals surface area (Å²) in [6.45, 7) is 4.15. The molecule has 0 radical (unpaired) electrons. The largest absolute Gasteiger partial charge is 0.378 e. The summed E-state index contributed by atoms with van der Waals surface area (Å²) in [5.41, 5.74) is 1.01. The molecule has 2 aliphatic heterocycles. The summed E-state index contributed by atoms with van der Waals surface area (Å²) in [4.78, 5) is 26.3. The zero-order chi connectivity index (χ0) is 17.6. The van der Waals surface area contributed by atoms with Crippen LogP contribution in [-0.2, 0) is 14.3 Å². The maximum absolute atomic E-state index is 12.5. The maximum atomic E-state index is 12.5. The van der Waals surface area contributed by atoms with Crippen LogP contribution >= 0.6 is 11.6 Å². The molecule has 25 heavy (non-hydrogen) atoms. The minimum Gasteiger partial charge on any atom is -0.378 e. The number of carbonyl (C=O) groups excluding carboxylic acids is 2. The number of carbonyl (C=O) groups is 2. The number of ether oxygens (including phenoxy) is 2. The lowest BCUT2D eigenvalue weighted by atomic mass is 10.1. The topological polar surface area (TPSA) is 79.9 Å². The number of nitrogens with zero attached hydrogens (tertiary/aromatic N) is 1. The molecule has 1 aromatic carbocycles. The van der Waals surface area contributed by atoms with Gasteiger partial charge in [-0.15, -0.1) is 0 Å². The SMILES string of the molecule is O=C(CC1COCCN1)Nc1ccc(C(=O)N2CCOCC2)c(Cl)c1. The van der Waals surface area contributed by atoms with Gasteiger partial charge in [0.1, 0.15) is 0 Å². The van der Waals surface area contributed by atoms with Crippen LogP contribution in [0, 0.1) is 0 Å². The number of morpholine rings is 2. The van der Waals surface area contributed by atoms with Crippen LogP contribution in [0.1, 0.15) is 16.8 Å². The van der Waals surface area contributed by atoms with Crippen LogP contribution in [0.15, 0.2) is 18.2 Å². The van der Waals surface area contributed by atoms with Gasteiger partial charge in [0.2, 0.25) is 5.91 Å². The number of rotatable bonds is 4. The highest BCUT2D eigenvalue weighted by Gasteiger charge is 2.21. The lowest BCUT2D eigenvalue weighted by Gasteiger charge is -2.27. The molecule has 2 amide bonds. The first kappa shape index (κ1) is 18.1. The highest BCUT2D eigenvalue weighted by molar-refractivity contribution is 6.34. The molecule has 1 atom stereocenters. The molecule has 2 heterocycles. The summed E-state index contributed by atoms with van der Waals surface area (Å²) in [5.74, 6) is -0.235. The van der Waals surface area contributed by atoms with Gasteiger partial charge in [-0.3, -0.25) is 9.59 Å². The van der Waals surface area contributed by atoms with Crippen molar-refractivity contribution in [1.29, 1.82) is 0 Å². The third-order valence-corrected chi connectivity index (χ3v) is 4.52. The molecule has 0 aromatic heterocycles. The highest BCUT2D eigenvalue weighted by Crippen LogP contribution is 2.23. The van der Waals surface area contributed by atoms with E-state index in [-0.39, 0.29) is 17.9 Å². The molecule has 0 bridgehead atoms. The Labute approximate surface area is 151 Å². The van der Waals surface area contributed by atoms with Crippen molar-refractivity contribution >= 4 is 29.1 Å². The normalized spacial score (nSPS) is 21.0. The predicted molar refractivity (Wildman–Crippen MR) is 94.0 cm³/mol. The number of amides is 2.